The molecular weight excluding hydrogens is 1690 g/mol. The molecule has 35 heteroatoms. The van der Waals surface area contributed by atoms with Gasteiger partial charge in [0, 0.05) is 189 Å². The summed E-state index contributed by atoms with van der Waals surface area (Å²) < 4.78 is 309. The topological polar surface area (TPSA) is 405 Å². The Balaban J connectivity index is 0.000000285. The predicted molar refractivity (Wildman–Crippen MR) is 458 cm³/mol. The van der Waals surface area contributed by atoms with Crippen molar-refractivity contribution in [2.24, 2.45) is 0 Å². The minimum absolute atomic E-state index is 0. The van der Waals surface area contributed by atoms with Crippen LogP contribution in [0.5, 0.6) is 11.5 Å². The van der Waals surface area contributed by atoms with Crippen molar-refractivity contribution in [3.63, 3.8) is 0 Å². The third-order valence-electron chi connectivity index (χ3n) is 14.9. The van der Waals surface area contributed by atoms with Gasteiger partial charge in [-0.25, -0.2) is 35.6 Å². The highest BCUT2D eigenvalue weighted by Gasteiger charge is 2.34. The number of sulfonamides is 1. The quantitative estimate of drug-likeness (QED) is 0.0102. The normalized spacial score (nSPS) is 15.0. The van der Waals surface area contributed by atoms with Crippen LogP contribution >= 0.6 is 33.3 Å². The number of anilines is 3. The van der Waals surface area contributed by atoms with Crippen molar-refractivity contribution in [1.82, 2.24) is 18.4 Å². The monoisotopic (exact) mass is 1800 g/mol. The van der Waals surface area contributed by atoms with E-state index in [0.717, 1.165) is 0 Å². The van der Waals surface area contributed by atoms with Gasteiger partial charge in [-0.1, -0.05) is 103 Å². The second kappa shape index (κ2) is 42.5. The fourth-order valence-electron chi connectivity index (χ4n) is 9.55. The van der Waals surface area contributed by atoms with Gasteiger partial charge in [0.05, 0.1) is 93.1 Å². The summed E-state index contributed by atoms with van der Waals surface area (Å²) in [4.78, 5) is 76.9. The molecule has 0 atom stereocenters. The Morgan fingerprint density at radius 3 is 1.44 bits per heavy atom. The lowest BCUT2D eigenvalue weighted by atomic mass is 9.93. The van der Waals surface area contributed by atoms with Crippen molar-refractivity contribution in [2.45, 2.75) is 17.2 Å². The molecule has 1 amide bonds. The number of halogens is 2. The zero-order valence-corrected chi connectivity index (χ0v) is 66.5. The number of fused-ring (bicyclic) bond motifs is 4. The Kier molecular flexibility index (Phi) is 20.8. The summed E-state index contributed by atoms with van der Waals surface area (Å²) in [5.74, 6) is -4.84. The molecule has 1 fully saturated rings. The van der Waals surface area contributed by atoms with Gasteiger partial charge in [0.25, 0.3) is 33.4 Å². The smallest absolute Gasteiger partial charge is 0.335 e. The first kappa shape index (κ1) is 57.2. The zero-order chi connectivity index (χ0) is 111. The van der Waals surface area contributed by atoms with Gasteiger partial charge in [0.2, 0.25) is 26.6 Å². The summed E-state index contributed by atoms with van der Waals surface area (Å²) >= 11 is 1.98. The number of aromatic carboxylic acids is 2. The SMILES string of the molecule is C.[2H]O[N+](=O)[O-].[2H]c1c([2H])c(C(=O)O)c([2H])c([N+](=O)[O-])c1[2H].[2H]c1c([2H])c(O)c([2H])c(N(C)C)c1[2H].[2H]c1c([2H])c(OC=O)c([2H])c([N+](=O)[O-])c1[2H].[2H]c1c([2H])c([2H])c(C(=O)O)c([2H])c1[2H].[2H]c1c2c(-c3ccccc3S(=O)(=O)Cl)c3c([2H])c([2H])c(N(C)C)c([2H])c3oc-2c([2H])c(=[N+](C)C)c1[2H].[2H]c1c2c(-c3ccccc3S(=O)(=O)N3CCN(C(=O)CI)CC3)c3c([2H])c([2H])c(N(C)C)c([2H])c3oc-2c([2H])c(=[N+](C)C)c1[2H]. The largest absolute Gasteiger partial charge is 0.508 e. The van der Waals surface area contributed by atoms with Crippen LogP contribution < -0.4 is 39.3 Å². The number of hydrogen-bond donors (Lipinski definition) is 4. The number of benzene rings is 10. The highest BCUT2D eigenvalue weighted by molar-refractivity contribution is 14.1. The summed E-state index contributed by atoms with van der Waals surface area (Å²) in [7, 11) is 13.4. The van der Waals surface area contributed by atoms with Gasteiger partial charge in [0.1, 0.15) is 62.4 Å². The molecule has 0 unspecified atom stereocenters. The second-order valence-electron chi connectivity index (χ2n) is 23.6. The van der Waals surface area contributed by atoms with Crippen LogP contribution in [0.4, 0.5) is 28.4 Å². The fourth-order valence-corrected chi connectivity index (χ4v) is 12.7. The molecular formula is C82H86ClIN10O21S2+2. The standard InChI is InChI=1S/C29H32IN4O4S.C23H22ClN2O3S.C8H11NO.2C7H5NO4.C7H6O2.CH4.HNO3/c1-31(2)20-9-11-22-25(17-20)38-26-18-21(32(3)4)10-12-23(26)29(22)24-7-5-6-8-27(24)39(36,37)34-15-13-33(14-16-34)28(35)19-30;1-25(2)15-9-11-17-20(13-15)29-21-14-16(26(3)4)10-12-18(21)23(17)19-7-5-6-8-22(19)30(24,27)28;1-9(2)7-4-3-5-8(10)6-7;9-5-12-7-3-1-2-6(4-7)8(10)11;9-7(10)5-2-1-3-6(4-5)8(11)12;8-7(9)6-4-2-1-3-5-6;;2-1(3)4/h5-12,17-18H,13-16,19H2,1-4H3;5-14H,1-4H3;3-6,10H,1-2H3;1-5H;1-4H,(H,9,10);1-5H,(H,8,9);1H4;(H,2,3,4)/q2*+1;;;;;;/i9D,10D,11D,12D,17D,18D;9D,10D,11D,12D,13D,14D;3D,4D,5D,6D;2*1D,2D,3D,4D;1D,2D,3D,4D,5D;;/hD. The molecule has 8 aromatic rings. The van der Waals surface area contributed by atoms with E-state index in [4.69, 9.17) is 81.0 Å². The molecule has 0 aromatic heterocycles. The van der Waals surface area contributed by atoms with Crippen LogP contribution in [0, 0.1) is 30.3 Å². The van der Waals surface area contributed by atoms with E-state index in [1.165, 1.54) is 58.5 Å². The molecule has 0 bridgehead atoms. The molecule has 5 aliphatic rings. The van der Waals surface area contributed by atoms with E-state index in [-0.39, 0.29) is 245 Å². The van der Waals surface area contributed by atoms with Crippen LogP contribution in [0.2, 0.25) is 1.43 Å². The predicted octanol–water partition coefficient (Wildman–Crippen LogP) is 13.4. The van der Waals surface area contributed by atoms with Crippen molar-refractivity contribution in [3.05, 3.63) is 276 Å². The molecule has 0 radical (unpaired) electrons. The van der Waals surface area contributed by atoms with Crippen molar-refractivity contribution < 1.29 is 126 Å². The maximum Gasteiger partial charge on any atom is 0.335 e. The molecule has 0 spiro atoms. The Hall–Kier alpha value is -12.9. The number of carbonyl (C=O) groups is 4. The van der Waals surface area contributed by atoms with E-state index in [1.807, 2.05) is 22.6 Å². The minimum Gasteiger partial charge on any atom is -0.508 e. The van der Waals surface area contributed by atoms with Crippen LogP contribution in [0.3, 0.4) is 0 Å². The first-order chi connectivity index (χ1) is 67.6. The summed E-state index contributed by atoms with van der Waals surface area (Å²) in [6, 6.07) is -3.16. The number of alkyl halides is 1. The van der Waals surface area contributed by atoms with Gasteiger partial charge in [-0.05, 0) is 84.6 Å². The molecule has 8 aromatic carbocycles. The molecule has 1 saturated heterocycles. The van der Waals surface area contributed by atoms with E-state index in [2.05, 4.69) is 9.95 Å². The van der Waals surface area contributed by atoms with Gasteiger partial charge in [-0.3, -0.25) is 29.8 Å². The Morgan fingerprint density at radius 2 is 1.00 bits per heavy atom. The lowest BCUT2D eigenvalue weighted by Gasteiger charge is -2.34. The number of carbonyl (C=O) groups excluding carboxylic acids is 2. The van der Waals surface area contributed by atoms with Crippen molar-refractivity contribution in [2.75, 3.05) is 116 Å². The molecule has 117 heavy (non-hydrogen) atoms. The Bertz CT molecular complexity index is 7640. The molecule has 31 nitrogen and oxygen atoms in total. The number of phenolic OH excluding ortho intramolecular Hbond substituents is 1. The van der Waals surface area contributed by atoms with E-state index >= 15 is 0 Å². The van der Waals surface area contributed by atoms with Crippen LogP contribution in [0.1, 0.15) is 67.9 Å². The van der Waals surface area contributed by atoms with Crippen LogP contribution in [-0.2, 0) is 28.7 Å². The third-order valence-corrected chi connectivity index (χ3v) is 18.9. The van der Waals surface area contributed by atoms with Crippen LogP contribution in [0.15, 0.2) is 242 Å². The van der Waals surface area contributed by atoms with Crippen LogP contribution in [-0.4, -0.2) is 187 Å². The zero-order valence-electron chi connectivity index (χ0n) is 92.0. The number of piperazine rings is 1. The maximum absolute atomic E-state index is 14.3. The summed E-state index contributed by atoms with van der Waals surface area (Å²) in [5, 5.41) is 58.0. The minimum atomic E-state index is -4.31. The fraction of sp³-hybridized carbons (Fsp3) is 0.195. The van der Waals surface area contributed by atoms with E-state index in [1.54, 1.807) is 93.6 Å². The number of carboxylic acids is 2. The van der Waals surface area contributed by atoms with E-state index in [0.29, 0.717) is 0 Å². The summed E-state index contributed by atoms with van der Waals surface area (Å²) in [6.45, 7) is 0.485. The third kappa shape index (κ3) is 25.3. The summed E-state index contributed by atoms with van der Waals surface area (Å²) in [5.41, 5.74) is -3.64. The average molecular weight is 1800 g/mol. The Morgan fingerprint density at radius 1 is 0.564 bits per heavy atom. The first-order valence-corrected chi connectivity index (χ1v) is 37.5. The highest BCUT2D eigenvalue weighted by Crippen LogP contribution is 2.45. The lowest BCUT2D eigenvalue weighted by molar-refractivity contribution is -0.742. The molecule has 2 aliphatic carbocycles. The van der Waals surface area contributed by atoms with Gasteiger partial charge in [-0.15, -0.1) is 10.1 Å². The number of nitrogens with zero attached hydrogens (tertiary/aromatic N) is 10. The molecule has 3 heterocycles. The number of carboxylic acid groups (broad SMARTS) is 2. The van der Waals surface area contributed by atoms with Crippen molar-refractivity contribution >= 4 is 127 Å². The molecule has 614 valence electrons. The van der Waals surface area contributed by atoms with Gasteiger partial charge >= 0.3 is 11.9 Å². The van der Waals surface area contributed by atoms with Crippen molar-refractivity contribution in [3.8, 4) is 56.4 Å². The highest BCUT2D eigenvalue weighted by atomic mass is 127. The summed E-state index contributed by atoms with van der Waals surface area (Å²) in [6.07, 6.45) is 0. The van der Waals surface area contributed by atoms with E-state index < -0.39 is 165 Å². The number of hydrogen-bond acceptors (Lipinski definition) is 22. The molecule has 3 aliphatic heterocycles. The number of phenols is 1. The Labute approximate surface area is 734 Å². The lowest BCUT2D eigenvalue weighted by Crippen LogP contribution is -2.50. The van der Waals surface area contributed by atoms with E-state index in [9.17, 15) is 61.3 Å². The average Bonchev–Trinajstić information content (AvgIpc) is 0.712. The number of ether oxygens (including phenoxy) is 1. The van der Waals surface area contributed by atoms with Crippen molar-refractivity contribution in [1.29, 1.82) is 0 Å². The maximum atomic E-state index is 14.3. The van der Waals surface area contributed by atoms with Gasteiger partial charge < -0.3 is 53.7 Å². The number of nitro groups is 2. The molecule has 4 N–H and O–H groups in total. The number of amides is 1. The number of nitro benzene ring substituents is 2. The van der Waals surface area contributed by atoms with Gasteiger partial charge in [0.15, 0.2) is 0 Å². The number of aromatic hydroxyl groups is 1. The number of rotatable bonds is 16. The molecule has 13 rings (SSSR count). The second-order valence-corrected chi connectivity index (χ2v) is 28.9. The van der Waals surface area contributed by atoms with Gasteiger partial charge in [-0.2, -0.15) is 4.31 Å². The first-order valence-electron chi connectivity index (χ1n) is 47.2. The molecule has 0 saturated carbocycles. The van der Waals surface area contributed by atoms with Crippen LogP contribution in [0.25, 0.3) is 66.8 Å².